The number of H-pyrrole nitrogens is 1. The molecule has 3 aromatic rings. The summed E-state index contributed by atoms with van der Waals surface area (Å²) in [6.45, 7) is 3.12. The van der Waals surface area contributed by atoms with E-state index in [4.69, 9.17) is 0 Å². The van der Waals surface area contributed by atoms with Crippen LogP contribution in [0.5, 0.6) is 0 Å². The van der Waals surface area contributed by atoms with Crippen molar-refractivity contribution in [1.29, 1.82) is 0 Å². The van der Waals surface area contributed by atoms with E-state index in [0.29, 0.717) is 0 Å². The molecule has 3 rings (SSSR count). The fourth-order valence-electron chi connectivity index (χ4n) is 2.37. The number of alkyl halides is 6. The molecule has 31 heavy (non-hydrogen) atoms. The van der Waals surface area contributed by atoms with Crippen LogP contribution in [0.1, 0.15) is 34.4 Å². The lowest BCUT2D eigenvalue weighted by atomic mass is 10.2. The molecule has 0 aliphatic carbocycles. The molecule has 0 atom stereocenters. The molecule has 3 aromatic heterocycles. The largest absolute Gasteiger partial charge is 0.462 e. The second-order valence-corrected chi connectivity index (χ2v) is 5.98. The number of carbonyl (C=O) groups is 1. The number of nitrogens with zero attached hydrogens (tertiary/aromatic N) is 2. The second kappa shape index (κ2) is 9.14. The van der Waals surface area contributed by atoms with Crippen LogP contribution in [-0.4, -0.2) is 27.5 Å². The molecule has 0 unspecified atom stereocenters. The summed E-state index contributed by atoms with van der Waals surface area (Å²) in [7, 11) is 0. The van der Waals surface area contributed by atoms with E-state index < -0.39 is 35.3 Å². The highest BCUT2D eigenvalue weighted by atomic mass is 19.4. The van der Waals surface area contributed by atoms with Gasteiger partial charge in [-0.25, -0.2) is 14.8 Å². The standard InChI is InChI=1S/C10H10F3NO2.C9H5F3N2O/c1-3-16-9(15)7-4-5-8(10(11,12)13)14-6(7)2;10-9(11,12)7-2-1-5-6(14-7)3-4-13-8(5)15/h4-5H,3H2,1-2H3;1-4H,(H,13,15). The van der Waals surface area contributed by atoms with E-state index in [-0.39, 0.29) is 28.8 Å². The third-order valence-electron chi connectivity index (χ3n) is 3.79. The number of ether oxygens (including phenoxy) is 1. The Balaban J connectivity index is 0.000000220. The molecule has 1 N–H and O–H groups in total. The van der Waals surface area contributed by atoms with Crippen LogP contribution in [-0.2, 0) is 17.1 Å². The maximum absolute atomic E-state index is 12.3. The van der Waals surface area contributed by atoms with E-state index in [1.165, 1.54) is 19.2 Å². The molecular formula is C19H15F6N3O3. The average molecular weight is 447 g/mol. The fraction of sp³-hybridized carbons (Fsp3) is 0.263. The first-order chi connectivity index (χ1) is 14.3. The summed E-state index contributed by atoms with van der Waals surface area (Å²) in [4.78, 5) is 31.5. The van der Waals surface area contributed by atoms with Crippen molar-refractivity contribution in [1.82, 2.24) is 15.0 Å². The third kappa shape index (κ3) is 6.03. The molecule has 0 saturated heterocycles. The number of hydrogen-bond acceptors (Lipinski definition) is 5. The summed E-state index contributed by atoms with van der Waals surface area (Å²) < 4.78 is 78.3. The summed E-state index contributed by atoms with van der Waals surface area (Å²) in [5, 5.41) is 0.144. The number of pyridine rings is 3. The zero-order valence-corrected chi connectivity index (χ0v) is 16.1. The number of nitrogens with one attached hydrogen (secondary N) is 1. The molecular weight excluding hydrogens is 432 g/mol. The van der Waals surface area contributed by atoms with E-state index in [1.54, 1.807) is 6.92 Å². The van der Waals surface area contributed by atoms with Crippen molar-refractivity contribution < 1.29 is 35.9 Å². The zero-order chi connectivity index (χ0) is 23.4. The summed E-state index contributed by atoms with van der Waals surface area (Å²) in [6.07, 6.45) is -7.73. The van der Waals surface area contributed by atoms with Crippen molar-refractivity contribution in [2.45, 2.75) is 26.2 Å². The highest BCUT2D eigenvalue weighted by Crippen LogP contribution is 2.29. The third-order valence-corrected chi connectivity index (χ3v) is 3.79. The Morgan fingerprint density at radius 1 is 0.968 bits per heavy atom. The molecule has 0 aromatic carbocycles. The van der Waals surface area contributed by atoms with Gasteiger partial charge in [0.05, 0.1) is 28.8 Å². The molecule has 3 heterocycles. The first-order valence-corrected chi connectivity index (χ1v) is 8.62. The number of fused-ring (bicyclic) bond motifs is 1. The van der Waals surface area contributed by atoms with Crippen LogP contribution in [0, 0.1) is 6.92 Å². The van der Waals surface area contributed by atoms with Crippen LogP contribution in [0.15, 0.2) is 41.3 Å². The van der Waals surface area contributed by atoms with Crippen molar-refractivity contribution in [2.75, 3.05) is 6.61 Å². The lowest BCUT2D eigenvalue weighted by Crippen LogP contribution is -2.13. The van der Waals surface area contributed by atoms with E-state index in [1.807, 2.05) is 0 Å². The van der Waals surface area contributed by atoms with Gasteiger partial charge < -0.3 is 9.72 Å². The van der Waals surface area contributed by atoms with E-state index in [9.17, 15) is 35.9 Å². The maximum Gasteiger partial charge on any atom is 0.433 e. The highest BCUT2D eigenvalue weighted by molar-refractivity contribution is 5.90. The molecule has 0 fully saturated rings. The number of aromatic amines is 1. The van der Waals surface area contributed by atoms with Crippen molar-refractivity contribution in [2.24, 2.45) is 0 Å². The van der Waals surface area contributed by atoms with Gasteiger partial charge in [-0.15, -0.1) is 0 Å². The first-order valence-electron chi connectivity index (χ1n) is 8.62. The predicted octanol–water partition coefficient (Wildman–Crippen LogP) is 4.53. The summed E-state index contributed by atoms with van der Waals surface area (Å²) in [5.41, 5.74) is -2.37. The number of esters is 1. The van der Waals surface area contributed by atoms with E-state index in [2.05, 4.69) is 19.7 Å². The van der Waals surface area contributed by atoms with E-state index in [0.717, 1.165) is 24.3 Å². The molecule has 6 nitrogen and oxygen atoms in total. The molecule has 0 amide bonds. The van der Waals surface area contributed by atoms with Gasteiger partial charge in [-0.05, 0) is 44.2 Å². The average Bonchev–Trinajstić information content (AvgIpc) is 2.67. The molecule has 166 valence electrons. The minimum absolute atomic E-state index is 0.00766. The van der Waals surface area contributed by atoms with Gasteiger partial charge >= 0.3 is 18.3 Å². The van der Waals surface area contributed by atoms with E-state index >= 15 is 0 Å². The molecule has 0 bridgehead atoms. The lowest BCUT2D eigenvalue weighted by molar-refractivity contribution is -0.141. The van der Waals surface area contributed by atoms with Crippen molar-refractivity contribution in [3.63, 3.8) is 0 Å². The number of halogens is 6. The van der Waals surface area contributed by atoms with Crippen LogP contribution >= 0.6 is 0 Å². The summed E-state index contributed by atoms with van der Waals surface area (Å²) >= 11 is 0. The van der Waals surface area contributed by atoms with Crippen LogP contribution in [0.3, 0.4) is 0 Å². The molecule has 0 aliphatic heterocycles. The van der Waals surface area contributed by atoms with Crippen LogP contribution in [0.2, 0.25) is 0 Å². The highest BCUT2D eigenvalue weighted by Gasteiger charge is 2.33. The number of rotatable bonds is 2. The van der Waals surface area contributed by atoms with Crippen LogP contribution in [0.25, 0.3) is 10.9 Å². The Kier molecular flexibility index (Phi) is 7.03. The van der Waals surface area contributed by atoms with Crippen LogP contribution < -0.4 is 5.56 Å². The fourth-order valence-corrected chi connectivity index (χ4v) is 2.37. The SMILES string of the molecule is CCOC(=O)c1ccc(C(F)(F)F)nc1C.O=c1[nH]ccc2nc(C(F)(F)F)ccc12. The second-order valence-electron chi connectivity index (χ2n) is 5.98. The van der Waals surface area contributed by atoms with Crippen molar-refractivity contribution in [3.8, 4) is 0 Å². The smallest absolute Gasteiger partial charge is 0.433 e. The van der Waals surface area contributed by atoms with Gasteiger partial charge in [0.25, 0.3) is 5.56 Å². The minimum atomic E-state index is -4.50. The van der Waals surface area contributed by atoms with Gasteiger partial charge in [-0.2, -0.15) is 26.3 Å². The Bertz CT molecular complexity index is 1140. The normalized spacial score (nSPS) is 11.6. The van der Waals surface area contributed by atoms with Gasteiger partial charge in [0.2, 0.25) is 0 Å². The van der Waals surface area contributed by atoms with Crippen LogP contribution in [0.4, 0.5) is 26.3 Å². The van der Waals surface area contributed by atoms with Gasteiger partial charge in [-0.1, -0.05) is 0 Å². The molecule has 0 aliphatic rings. The van der Waals surface area contributed by atoms with Gasteiger partial charge in [-0.3, -0.25) is 4.79 Å². The Morgan fingerprint density at radius 2 is 1.55 bits per heavy atom. The summed E-state index contributed by atoms with van der Waals surface area (Å²) in [5.74, 6) is -0.666. The number of hydrogen-bond donors (Lipinski definition) is 1. The molecule has 0 spiro atoms. The first kappa shape index (κ1) is 23.8. The predicted molar refractivity (Wildman–Crippen MR) is 97.3 cm³/mol. The Labute approximate surface area is 170 Å². The number of aromatic nitrogens is 3. The topological polar surface area (TPSA) is 84.9 Å². The molecule has 12 heteroatoms. The van der Waals surface area contributed by atoms with Gasteiger partial charge in [0.15, 0.2) is 0 Å². The quantitative estimate of drug-likeness (QED) is 0.461. The Hall–Kier alpha value is -3.44. The minimum Gasteiger partial charge on any atom is -0.462 e. The van der Waals surface area contributed by atoms with Crippen molar-refractivity contribution >= 4 is 16.9 Å². The Morgan fingerprint density at radius 3 is 2.10 bits per heavy atom. The lowest BCUT2D eigenvalue weighted by Gasteiger charge is -2.09. The summed E-state index contributed by atoms with van der Waals surface area (Å²) in [6, 6.07) is 5.07. The van der Waals surface area contributed by atoms with Gasteiger partial charge in [0.1, 0.15) is 11.4 Å². The monoisotopic (exact) mass is 447 g/mol. The number of carbonyl (C=O) groups excluding carboxylic acids is 1. The van der Waals surface area contributed by atoms with Gasteiger partial charge in [0, 0.05) is 6.20 Å². The molecule has 0 saturated carbocycles. The van der Waals surface area contributed by atoms with Crippen molar-refractivity contribution in [3.05, 3.63) is 69.5 Å². The molecule has 0 radical (unpaired) electrons. The zero-order valence-electron chi connectivity index (χ0n) is 16.1. The number of aryl methyl sites for hydroxylation is 1. The maximum atomic E-state index is 12.3.